The van der Waals surface area contributed by atoms with Crippen LogP contribution < -0.4 is 5.73 Å². The molecule has 0 spiro atoms. The van der Waals surface area contributed by atoms with Crippen molar-refractivity contribution in [2.75, 3.05) is 5.73 Å². The fourth-order valence-electron chi connectivity index (χ4n) is 0.575. The molecule has 0 saturated carbocycles. The van der Waals surface area contributed by atoms with Gasteiger partial charge in [0.1, 0.15) is 4.60 Å². The van der Waals surface area contributed by atoms with Crippen LogP contribution in [-0.4, -0.2) is 4.98 Å². The second kappa shape index (κ2) is 2.35. The largest absolute Gasteiger partial charge is 0.397 e. The van der Waals surface area contributed by atoms with Gasteiger partial charge < -0.3 is 5.73 Å². The third-order valence-corrected chi connectivity index (χ3v) is 1.67. The molecule has 0 bridgehead atoms. The summed E-state index contributed by atoms with van der Waals surface area (Å²) in [4.78, 5) is 3.97. The molecule has 0 saturated heterocycles. The predicted molar refractivity (Wildman–Crippen MR) is 41.1 cm³/mol. The first-order valence-corrected chi connectivity index (χ1v) is 3.37. The van der Waals surface area contributed by atoms with Crippen LogP contribution in [0.4, 0.5) is 5.69 Å². The number of aromatic nitrogens is 1. The first-order chi connectivity index (χ1) is 4.20. The number of rotatable bonds is 0. The predicted octanol–water partition coefficient (Wildman–Crippen LogP) is 1.73. The quantitative estimate of drug-likeness (QED) is 0.628. The lowest BCUT2D eigenvalue weighted by Crippen LogP contribution is -1.89. The Hall–Kier alpha value is -0.570. The van der Waals surface area contributed by atoms with E-state index in [1.807, 2.05) is 13.0 Å². The van der Waals surface area contributed by atoms with Gasteiger partial charge in [-0.05, 0) is 34.5 Å². The number of aryl methyl sites for hydroxylation is 1. The zero-order chi connectivity index (χ0) is 6.85. The molecule has 1 heterocycles. The van der Waals surface area contributed by atoms with Gasteiger partial charge in [0.2, 0.25) is 0 Å². The van der Waals surface area contributed by atoms with Crippen LogP contribution in [0.5, 0.6) is 0 Å². The van der Waals surface area contributed by atoms with Crippen LogP contribution in [0.3, 0.4) is 0 Å². The molecule has 0 amide bonds. The van der Waals surface area contributed by atoms with Crippen molar-refractivity contribution >= 4 is 21.6 Å². The molecule has 0 atom stereocenters. The van der Waals surface area contributed by atoms with Crippen molar-refractivity contribution < 1.29 is 0 Å². The van der Waals surface area contributed by atoms with Crippen LogP contribution in [-0.2, 0) is 0 Å². The summed E-state index contributed by atoms with van der Waals surface area (Å²) in [7, 11) is 0. The molecule has 0 fully saturated rings. The summed E-state index contributed by atoms with van der Waals surface area (Å²) in [6.07, 6.45) is 1.76. The highest BCUT2D eigenvalue weighted by Gasteiger charge is 1.93. The van der Waals surface area contributed by atoms with Crippen LogP contribution >= 0.6 is 15.9 Å². The standard InChI is InChI=1S/C6H7BrN2/c1-4-2-5(8)6(7)9-3-4/h2-3H,8H2,1H3. The van der Waals surface area contributed by atoms with Crippen molar-refractivity contribution in [1.29, 1.82) is 0 Å². The Morgan fingerprint density at radius 3 is 2.78 bits per heavy atom. The minimum absolute atomic E-state index is 0.690. The Balaban J connectivity index is 3.17. The summed E-state index contributed by atoms with van der Waals surface area (Å²) >= 11 is 3.19. The van der Waals surface area contributed by atoms with Crippen molar-refractivity contribution in [3.63, 3.8) is 0 Å². The minimum atomic E-state index is 0.690. The van der Waals surface area contributed by atoms with Crippen molar-refractivity contribution in [2.45, 2.75) is 6.92 Å². The Morgan fingerprint density at radius 1 is 1.67 bits per heavy atom. The minimum Gasteiger partial charge on any atom is -0.397 e. The number of pyridine rings is 1. The van der Waals surface area contributed by atoms with Crippen molar-refractivity contribution in [3.05, 3.63) is 22.4 Å². The molecular weight excluding hydrogens is 180 g/mol. The van der Waals surface area contributed by atoms with E-state index in [1.54, 1.807) is 6.20 Å². The van der Waals surface area contributed by atoms with E-state index in [0.29, 0.717) is 10.3 Å². The van der Waals surface area contributed by atoms with Gasteiger partial charge in [-0.2, -0.15) is 0 Å². The van der Waals surface area contributed by atoms with E-state index in [1.165, 1.54) is 0 Å². The Morgan fingerprint density at radius 2 is 2.33 bits per heavy atom. The lowest BCUT2D eigenvalue weighted by molar-refractivity contribution is 1.23. The first-order valence-electron chi connectivity index (χ1n) is 2.58. The second-order valence-corrected chi connectivity index (χ2v) is 2.64. The third-order valence-electron chi connectivity index (χ3n) is 1.00. The van der Waals surface area contributed by atoms with Crippen LogP contribution in [0.2, 0.25) is 0 Å². The molecule has 2 nitrogen and oxygen atoms in total. The zero-order valence-electron chi connectivity index (χ0n) is 5.06. The number of nitrogens with two attached hydrogens (primary N) is 1. The molecule has 0 aliphatic carbocycles. The lowest BCUT2D eigenvalue weighted by atomic mass is 10.3. The number of anilines is 1. The zero-order valence-corrected chi connectivity index (χ0v) is 6.64. The van der Waals surface area contributed by atoms with Crippen molar-refractivity contribution in [2.24, 2.45) is 0 Å². The van der Waals surface area contributed by atoms with Crippen LogP contribution in [0.15, 0.2) is 16.9 Å². The average Bonchev–Trinajstić information content (AvgIpc) is 1.80. The molecule has 0 radical (unpaired) electrons. The number of nitrogens with zero attached hydrogens (tertiary/aromatic N) is 1. The summed E-state index contributed by atoms with van der Waals surface area (Å²) < 4.78 is 0.716. The lowest BCUT2D eigenvalue weighted by Gasteiger charge is -1.95. The highest BCUT2D eigenvalue weighted by atomic mass is 79.9. The number of nitrogen functional groups attached to an aromatic ring is 1. The van der Waals surface area contributed by atoms with Crippen molar-refractivity contribution in [3.8, 4) is 0 Å². The van der Waals surface area contributed by atoms with Crippen molar-refractivity contribution in [1.82, 2.24) is 4.98 Å². The van der Waals surface area contributed by atoms with Gasteiger partial charge in [-0.3, -0.25) is 0 Å². The summed E-state index contributed by atoms with van der Waals surface area (Å²) in [5.74, 6) is 0. The van der Waals surface area contributed by atoms with E-state index in [4.69, 9.17) is 5.73 Å². The van der Waals surface area contributed by atoms with Gasteiger partial charge >= 0.3 is 0 Å². The summed E-state index contributed by atoms with van der Waals surface area (Å²) in [6.45, 7) is 1.95. The highest BCUT2D eigenvalue weighted by molar-refractivity contribution is 9.10. The third kappa shape index (κ3) is 1.42. The maximum atomic E-state index is 5.51. The molecule has 0 aliphatic heterocycles. The maximum Gasteiger partial charge on any atom is 0.128 e. The van der Waals surface area contributed by atoms with E-state index in [9.17, 15) is 0 Å². The fourth-order valence-corrected chi connectivity index (χ4v) is 0.792. The van der Waals surface area contributed by atoms with Gasteiger partial charge in [0, 0.05) is 6.20 Å². The van der Waals surface area contributed by atoms with Gasteiger partial charge in [-0.15, -0.1) is 0 Å². The van der Waals surface area contributed by atoms with Gasteiger partial charge in [-0.1, -0.05) is 0 Å². The summed E-state index contributed by atoms with van der Waals surface area (Å²) in [5.41, 5.74) is 7.28. The molecule has 1 aromatic rings. The summed E-state index contributed by atoms with van der Waals surface area (Å²) in [5, 5.41) is 0. The number of hydrogen-bond acceptors (Lipinski definition) is 2. The highest BCUT2D eigenvalue weighted by Crippen LogP contribution is 2.15. The Kier molecular flexibility index (Phi) is 1.71. The molecule has 0 aliphatic rings. The van der Waals surface area contributed by atoms with Gasteiger partial charge in [0.15, 0.2) is 0 Å². The molecule has 1 rings (SSSR count). The average molecular weight is 187 g/mol. The van der Waals surface area contributed by atoms with Crippen LogP contribution in [0.25, 0.3) is 0 Å². The first kappa shape index (κ1) is 6.55. The van der Waals surface area contributed by atoms with E-state index in [0.717, 1.165) is 5.56 Å². The molecule has 1 aromatic heterocycles. The maximum absolute atomic E-state index is 5.51. The normalized spacial score (nSPS) is 9.56. The summed E-state index contributed by atoms with van der Waals surface area (Å²) in [6, 6.07) is 1.87. The van der Waals surface area contributed by atoms with E-state index < -0.39 is 0 Å². The second-order valence-electron chi connectivity index (χ2n) is 1.89. The molecule has 3 heteroatoms. The number of halogens is 1. The van der Waals surface area contributed by atoms with Gasteiger partial charge in [0.25, 0.3) is 0 Å². The monoisotopic (exact) mass is 186 g/mol. The SMILES string of the molecule is Cc1cnc(Br)c(N)c1. The topological polar surface area (TPSA) is 38.9 Å². The molecular formula is C6H7BrN2. The number of hydrogen-bond donors (Lipinski definition) is 1. The van der Waals surface area contributed by atoms with Gasteiger partial charge in [-0.25, -0.2) is 4.98 Å². The van der Waals surface area contributed by atoms with E-state index in [-0.39, 0.29) is 0 Å². The molecule has 9 heavy (non-hydrogen) atoms. The Bertz CT molecular complexity index is 222. The Labute approximate surface area is 62.2 Å². The molecule has 48 valence electrons. The molecule has 0 unspecified atom stereocenters. The smallest absolute Gasteiger partial charge is 0.128 e. The van der Waals surface area contributed by atoms with Gasteiger partial charge in [0.05, 0.1) is 5.69 Å². The molecule has 0 aromatic carbocycles. The van der Waals surface area contributed by atoms with Crippen LogP contribution in [0, 0.1) is 6.92 Å². The van der Waals surface area contributed by atoms with Crippen LogP contribution in [0.1, 0.15) is 5.56 Å². The van der Waals surface area contributed by atoms with E-state index >= 15 is 0 Å². The fraction of sp³-hybridized carbons (Fsp3) is 0.167. The van der Waals surface area contributed by atoms with E-state index in [2.05, 4.69) is 20.9 Å². The molecule has 2 N–H and O–H groups in total.